The normalized spacial score (nSPS) is 33.9. The number of aliphatic hydroxyl groups excluding tert-OH is 1. The van der Waals surface area contributed by atoms with Crippen LogP contribution in [0.25, 0.3) is 0 Å². The molecule has 232 valence electrons. The molecule has 2 aliphatic carbocycles. The first-order chi connectivity index (χ1) is 19.9. The van der Waals surface area contributed by atoms with Crippen molar-refractivity contribution in [2.75, 3.05) is 0 Å². The van der Waals surface area contributed by atoms with Gasteiger partial charge in [-0.05, 0) is 61.9 Å². The average molecular weight is 585 g/mol. The number of hydrogen-bond donors (Lipinski definition) is 1. The first kappa shape index (κ1) is 33.5. The average Bonchev–Trinajstić information content (AvgIpc) is 3.21. The quantitative estimate of drug-likeness (QED) is 0.0675. The number of carbonyl (C=O) groups is 3. The van der Waals surface area contributed by atoms with Gasteiger partial charge in [0.25, 0.3) is 0 Å². The third-order valence-corrected chi connectivity index (χ3v) is 9.37. The number of hydrogen-bond acceptors (Lipinski definition) is 8. The van der Waals surface area contributed by atoms with Gasteiger partial charge in [0.1, 0.15) is 11.5 Å². The van der Waals surface area contributed by atoms with Gasteiger partial charge in [0, 0.05) is 25.5 Å². The van der Waals surface area contributed by atoms with E-state index in [0.29, 0.717) is 31.3 Å². The van der Waals surface area contributed by atoms with Gasteiger partial charge in [-0.25, -0.2) is 4.79 Å². The van der Waals surface area contributed by atoms with E-state index in [0.717, 1.165) is 31.3 Å². The third kappa shape index (κ3) is 7.14. The Balaban J connectivity index is 2.07. The van der Waals surface area contributed by atoms with E-state index in [-0.39, 0.29) is 11.8 Å². The fraction of sp³-hybridized carbons (Fsp3) is 0.618. The molecule has 0 aromatic carbocycles. The molecule has 0 aromatic rings. The summed E-state index contributed by atoms with van der Waals surface area (Å²) in [7, 11) is 0. The number of aliphatic hydroxyl groups is 1. The molecule has 1 saturated carbocycles. The maximum Gasteiger partial charge on any atom is 0.331 e. The van der Waals surface area contributed by atoms with Crippen LogP contribution in [0, 0.1) is 22.7 Å². The molecule has 8 heteroatoms. The summed E-state index contributed by atoms with van der Waals surface area (Å²) >= 11 is 0. The van der Waals surface area contributed by atoms with Crippen LogP contribution in [-0.2, 0) is 33.3 Å². The molecular formula is C34H48O8. The van der Waals surface area contributed by atoms with Crippen LogP contribution in [0.4, 0.5) is 0 Å². The summed E-state index contributed by atoms with van der Waals surface area (Å²) in [5.41, 5.74) is -0.241. The van der Waals surface area contributed by atoms with Crippen molar-refractivity contribution in [1.29, 1.82) is 0 Å². The Morgan fingerprint density at radius 2 is 1.83 bits per heavy atom. The maximum absolute atomic E-state index is 13.2. The third-order valence-electron chi connectivity index (χ3n) is 9.37. The highest BCUT2D eigenvalue weighted by atomic mass is 16.8. The number of esters is 3. The van der Waals surface area contributed by atoms with E-state index in [1.165, 1.54) is 19.9 Å². The highest BCUT2D eigenvalue weighted by molar-refractivity contribution is 5.82. The Morgan fingerprint density at radius 3 is 2.48 bits per heavy atom. The van der Waals surface area contributed by atoms with Crippen molar-refractivity contribution in [3.05, 3.63) is 60.8 Å². The summed E-state index contributed by atoms with van der Waals surface area (Å²) < 4.78 is 23.7. The molecule has 0 unspecified atom stereocenters. The van der Waals surface area contributed by atoms with Crippen LogP contribution in [0.2, 0.25) is 0 Å². The minimum atomic E-state index is -1.20. The second kappa shape index (κ2) is 14.5. The van der Waals surface area contributed by atoms with Crippen LogP contribution in [0.5, 0.6) is 0 Å². The highest BCUT2D eigenvalue weighted by Crippen LogP contribution is 2.67. The van der Waals surface area contributed by atoms with E-state index < -0.39 is 53.5 Å². The van der Waals surface area contributed by atoms with Crippen molar-refractivity contribution in [3.8, 4) is 0 Å². The second-order valence-corrected chi connectivity index (χ2v) is 12.1. The van der Waals surface area contributed by atoms with Gasteiger partial charge >= 0.3 is 17.9 Å². The number of ether oxygens (including phenoxy) is 4. The van der Waals surface area contributed by atoms with Crippen molar-refractivity contribution in [1.82, 2.24) is 0 Å². The minimum absolute atomic E-state index is 0.0447. The Kier molecular flexibility index (Phi) is 11.6. The van der Waals surface area contributed by atoms with Gasteiger partial charge in [0.15, 0.2) is 0 Å². The van der Waals surface area contributed by atoms with E-state index in [1.54, 1.807) is 18.2 Å². The van der Waals surface area contributed by atoms with Crippen molar-refractivity contribution < 1.29 is 38.4 Å². The molecule has 42 heavy (non-hydrogen) atoms. The number of allylic oxidation sites excluding steroid dienone is 5. The Morgan fingerprint density at radius 1 is 1.12 bits per heavy atom. The molecule has 8 atom stereocenters. The summed E-state index contributed by atoms with van der Waals surface area (Å²) in [4.78, 5) is 37.7. The van der Waals surface area contributed by atoms with Gasteiger partial charge in [-0.3, -0.25) is 14.3 Å². The molecule has 3 aliphatic rings. The zero-order chi connectivity index (χ0) is 31.1. The molecule has 3 rings (SSSR count). The number of rotatable bonds is 13. The largest absolute Gasteiger partial charge is 0.458 e. The van der Waals surface area contributed by atoms with Crippen molar-refractivity contribution in [2.24, 2.45) is 22.7 Å². The van der Waals surface area contributed by atoms with Gasteiger partial charge in [0.2, 0.25) is 12.6 Å². The zero-order valence-corrected chi connectivity index (χ0v) is 25.8. The predicted molar refractivity (Wildman–Crippen MR) is 160 cm³/mol. The lowest BCUT2D eigenvalue weighted by Crippen LogP contribution is -2.63. The van der Waals surface area contributed by atoms with Gasteiger partial charge < -0.3 is 19.3 Å². The van der Waals surface area contributed by atoms with Crippen LogP contribution in [-0.4, -0.2) is 47.8 Å². The molecule has 0 radical (unpaired) electrons. The van der Waals surface area contributed by atoms with E-state index in [9.17, 15) is 19.5 Å². The van der Waals surface area contributed by atoms with Crippen LogP contribution >= 0.6 is 0 Å². The number of unbranched alkanes of at least 4 members (excludes halogenated alkanes) is 3. The molecule has 1 N–H and O–H groups in total. The van der Waals surface area contributed by atoms with Crippen LogP contribution in [0.15, 0.2) is 60.8 Å². The summed E-state index contributed by atoms with van der Waals surface area (Å²) in [6, 6.07) is 0. The fourth-order valence-electron chi connectivity index (χ4n) is 7.06. The van der Waals surface area contributed by atoms with Crippen molar-refractivity contribution in [2.45, 2.75) is 111 Å². The van der Waals surface area contributed by atoms with E-state index in [1.807, 2.05) is 12.2 Å². The first-order valence-corrected chi connectivity index (χ1v) is 15.1. The maximum atomic E-state index is 13.2. The highest BCUT2D eigenvalue weighted by Gasteiger charge is 2.72. The summed E-state index contributed by atoms with van der Waals surface area (Å²) in [6.07, 6.45) is 12.7. The van der Waals surface area contributed by atoms with E-state index >= 15 is 0 Å². The second-order valence-electron chi connectivity index (χ2n) is 12.1. The summed E-state index contributed by atoms with van der Waals surface area (Å²) in [5.74, 6) is -2.02. The summed E-state index contributed by atoms with van der Waals surface area (Å²) in [6.45, 7) is 16.9. The molecule has 2 fully saturated rings. The number of carbonyl (C=O) groups excluding carboxylic acids is 3. The molecule has 1 aliphatic heterocycles. The van der Waals surface area contributed by atoms with Crippen molar-refractivity contribution >= 4 is 17.9 Å². The standard InChI is InChI=1S/C34H48O8/c1-8-10-11-12-13-14-15-16-30(38)41-29-19-23(4)33(7,18-17-22(3)9-2)28-21-26(37)20-27-31(39-24(5)35)42-32(34(27,28)29)40-25(6)36/h9,13-16,20,23,26,28-29,31-32,37H,2-3,8,10-12,17-19,21H2,1,4-7H3/b14-13-,16-15-/t23-,26+,28+,29+,31+,32-,33-,34-/m1/s1. The van der Waals surface area contributed by atoms with Crippen LogP contribution in [0.1, 0.15) is 86.0 Å². The smallest absolute Gasteiger partial charge is 0.331 e. The van der Waals surface area contributed by atoms with Gasteiger partial charge in [-0.2, -0.15) is 0 Å². The van der Waals surface area contributed by atoms with Gasteiger partial charge in [-0.15, -0.1) is 0 Å². The minimum Gasteiger partial charge on any atom is -0.458 e. The molecule has 0 amide bonds. The lowest BCUT2D eigenvalue weighted by atomic mass is 9.45. The summed E-state index contributed by atoms with van der Waals surface area (Å²) in [5, 5.41) is 11.1. The molecule has 1 spiro atoms. The Hall–Kier alpha value is -2.97. The van der Waals surface area contributed by atoms with Crippen LogP contribution < -0.4 is 0 Å². The van der Waals surface area contributed by atoms with E-state index in [2.05, 4.69) is 33.9 Å². The molecule has 1 heterocycles. The van der Waals surface area contributed by atoms with Gasteiger partial charge in [-0.1, -0.05) is 76.6 Å². The molecule has 0 aromatic heterocycles. The fourth-order valence-corrected chi connectivity index (χ4v) is 7.06. The molecule has 0 bridgehead atoms. The van der Waals surface area contributed by atoms with Crippen LogP contribution in [0.3, 0.4) is 0 Å². The monoisotopic (exact) mass is 584 g/mol. The lowest BCUT2D eigenvalue weighted by Gasteiger charge is -2.60. The topological polar surface area (TPSA) is 108 Å². The molecule has 1 saturated heterocycles. The lowest BCUT2D eigenvalue weighted by molar-refractivity contribution is -0.257. The molecule has 8 nitrogen and oxygen atoms in total. The predicted octanol–water partition coefficient (Wildman–Crippen LogP) is 6.26. The van der Waals surface area contributed by atoms with Crippen molar-refractivity contribution in [3.63, 3.8) is 0 Å². The SMILES string of the molecule is C=CC(=C)CC[C@]1(C)[C@H](C)C[C@H](OC(=O)/C=C\C=C/CCCCC)[C@@]23C(=C[C@H](O)C[C@@H]12)[C@@H](OC(C)=O)O[C@H]3OC(C)=O. The zero-order valence-electron chi connectivity index (χ0n) is 25.8. The van der Waals surface area contributed by atoms with Gasteiger partial charge in [0.05, 0.1) is 6.10 Å². The Labute approximate surface area is 250 Å². The van der Waals surface area contributed by atoms with E-state index in [4.69, 9.17) is 18.9 Å². The first-order valence-electron chi connectivity index (χ1n) is 15.1. The molecular weight excluding hydrogens is 536 g/mol. The Bertz CT molecular complexity index is 1120.